The molecule has 1 aromatic carbocycles. The molecule has 0 fully saturated rings. The van der Waals surface area contributed by atoms with Crippen LogP contribution in [0.5, 0.6) is 0 Å². The van der Waals surface area contributed by atoms with E-state index in [1.807, 2.05) is 0 Å². The van der Waals surface area contributed by atoms with Crippen molar-refractivity contribution in [3.8, 4) is 6.07 Å². The van der Waals surface area contributed by atoms with Crippen molar-refractivity contribution in [2.75, 3.05) is 0 Å². The molecule has 1 aromatic rings. The van der Waals surface area contributed by atoms with Crippen LogP contribution >= 0.6 is 0 Å². The molecule has 0 bridgehead atoms. The summed E-state index contributed by atoms with van der Waals surface area (Å²) in [4.78, 5) is 11.9. The molecule has 1 amide bonds. The summed E-state index contributed by atoms with van der Waals surface area (Å²) in [6.45, 7) is 1.66. The van der Waals surface area contributed by atoms with Crippen LogP contribution in [0.1, 0.15) is 24.0 Å². The Kier molecular flexibility index (Phi) is 5.20. The molecule has 0 radical (unpaired) electrons. The number of nitrogens with zero attached hydrogens (tertiary/aromatic N) is 3. The van der Waals surface area contributed by atoms with Gasteiger partial charge in [0, 0.05) is 6.42 Å². The quantitative estimate of drug-likeness (QED) is 0.772. The van der Waals surface area contributed by atoms with Crippen molar-refractivity contribution in [1.82, 2.24) is 5.01 Å². The molecular weight excluding hydrogens is 399 g/mol. The van der Waals surface area contributed by atoms with Crippen LogP contribution in [0, 0.1) is 18.3 Å². The van der Waals surface area contributed by atoms with Crippen LogP contribution in [0.4, 0.5) is 30.7 Å². The van der Waals surface area contributed by atoms with Crippen molar-refractivity contribution < 1.29 is 40.6 Å². The predicted molar refractivity (Wildman–Crippen MR) is 80.3 cm³/mol. The van der Waals surface area contributed by atoms with E-state index >= 15 is 0 Å². The minimum atomic E-state index is -6.72. The molecule has 12 heteroatoms. The number of aliphatic hydroxyl groups is 1. The molecule has 2 rings (SSSR count). The first-order chi connectivity index (χ1) is 12.7. The molecular formula is C16H12F7N3O2. The first-order valence-corrected chi connectivity index (χ1v) is 7.58. The van der Waals surface area contributed by atoms with Crippen molar-refractivity contribution in [3.05, 3.63) is 35.4 Å². The number of hydrogen-bond acceptors (Lipinski definition) is 4. The fraction of sp³-hybridized carbons (Fsp3) is 0.438. The molecule has 0 unspecified atom stereocenters. The van der Waals surface area contributed by atoms with Gasteiger partial charge in [-0.05, 0) is 12.5 Å². The van der Waals surface area contributed by atoms with Crippen LogP contribution in [-0.4, -0.2) is 45.5 Å². The molecule has 0 spiro atoms. The van der Waals surface area contributed by atoms with E-state index in [-0.39, 0.29) is 5.56 Å². The molecule has 1 atom stereocenters. The monoisotopic (exact) mass is 411 g/mol. The Balaban J connectivity index is 2.59. The van der Waals surface area contributed by atoms with E-state index in [0.717, 1.165) is 0 Å². The number of aryl methyl sites for hydroxylation is 1. The summed E-state index contributed by atoms with van der Waals surface area (Å²) in [6.07, 6.45) is -9.41. The van der Waals surface area contributed by atoms with E-state index in [0.29, 0.717) is 5.56 Å². The Morgan fingerprint density at radius 2 is 1.75 bits per heavy atom. The van der Waals surface area contributed by atoms with Gasteiger partial charge in [-0.1, -0.05) is 29.8 Å². The zero-order valence-electron chi connectivity index (χ0n) is 14.1. The maximum Gasteiger partial charge on any atom is 0.460 e. The number of hydrazone groups is 1. The SMILES string of the molecule is Cc1ccc(C2=NN(C(=O)CC#N)[C@@](O)(C(F)(F)C(F)(F)C(F)(F)F)C2)cc1. The van der Waals surface area contributed by atoms with Crippen LogP contribution in [0.15, 0.2) is 29.4 Å². The fourth-order valence-electron chi connectivity index (χ4n) is 2.53. The van der Waals surface area contributed by atoms with Crippen LogP contribution in [-0.2, 0) is 4.79 Å². The van der Waals surface area contributed by atoms with E-state index in [1.165, 1.54) is 30.3 Å². The second kappa shape index (κ2) is 6.73. The van der Waals surface area contributed by atoms with Gasteiger partial charge >= 0.3 is 18.0 Å². The molecule has 1 heterocycles. The van der Waals surface area contributed by atoms with Crippen molar-refractivity contribution >= 4 is 11.6 Å². The molecule has 1 aliphatic heterocycles. The van der Waals surface area contributed by atoms with Gasteiger partial charge in [-0.25, -0.2) is 0 Å². The van der Waals surface area contributed by atoms with Gasteiger partial charge in [0.1, 0.15) is 6.42 Å². The van der Waals surface area contributed by atoms with Gasteiger partial charge in [0.2, 0.25) is 5.72 Å². The number of hydrogen-bond donors (Lipinski definition) is 1. The normalized spacial score (nSPS) is 20.7. The van der Waals surface area contributed by atoms with Crippen molar-refractivity contribution in [2.45, 2.75) is 43.5 Å². The van der Waals surface area contributed by atoms with Crippen LogP contribution in [0.3, 0.4) is 0 Å². The highest BCUT2D eigenvalue weighted by Gasteiger charge is 2.82. The Bertz CT molecular complexity index is 843. The molecule has 28 heavy (non-hydrogen) atoms. The molecule has 152 valence electrons. The van der Waals surface area contributed by atoms with E-state index in [1.54, 1.807) is 6.92 Å². The Morgan fingerprint density at radius 3 is 2.21 bits per heavy atom. The number of alkyl halides is 7. The maximum absolute atomic E-state index is 14.3. The third-order valence-corrected chi connectivity index (χ3v) is 4.09. The molecule has 0 aromatic heterocycles. The summed E-state index contributed by atoms with van der Waals surface area (Å²) >= 11 is 0. The molecule has 5 nitrogen and oxygen atoms in total. The first-order valence-electron chi connectivity index (χ1n) is 7.58. The summed E-state index contributed by atoms with van der Waals surface area (Å²) in [6, 6.07) is 6.78. The van der Waals surface area contributed by atoms with Crippen LogP contribution in [0.25, 0.3) is 0 Å². The van der Waals surface area contributed by atoms with Crippen LogP contribution < -0.4 is 0 Å². The fourth-order valence-corrected chi connectivity index (χ4v) is 2.53. The lowest BCUT2D eigenvalue weighted by molar-refractivity contribution is -0.401. The summed E-state index contributed by atoms with van der Waals surface area (Å²) in [5.41, 5.74) is -4.13. The molecule has 1 N–H and O–H groups in total. The van der Waals surface area contributed by atoms with Gasteiger partial charge < -0.3 is 5.11 Å². The summed E-state index contributed by atoms with van der Waals surface area (Å²) < 4.78 is 93.4. The smallest absolute Gasteiger partial charge is 0.364 e. The van der Waals surface area contributed by atoms with Crippen molar-refractivity contribution in [1.29, 1.82) is 5.26 Å². The van der Waals surface area contributed by atoms with E-state index in [4.69, 9.17) is 5.26 Å². The number of rotatable bonds is 4. The Morgan fingerprint density at radius 1 is 1.21 bits per heavy atom. The molecule has 1 aliphatic rings. The maximum atomic E-state index is 14.3. The lowest BCUT2D eigenvalue weighted by Crippen LogP contribution is -2.69. The van der Waals surface area contributed by atoms with Gasteiger partial charge in [0.25, 0.3) is 5.91 Å². The second-order valence-electron chi connectivity index (χ2n) is 6.09. The predicted octanol–water partition coefficient (Wildman–Crippen LogP) is 3.37. The number of carbonyl (C=O) groups excluding carboxylic acids is 1. The number of nitriles is 1. The van der Waals surface area contributed by atoms with Gasteiger partial charge in [0.05, 0.1) is 11.8 Å². The van der Waals surface area contributed by atoms with Gasteiger partial charge in [-0.2, -0.15) is 46.1 Å². The number of benzene rings is 1. The highest BCUT2D eigenvalue weighted by Crippen LogP contribution is 2.54. The average molecular weight is 411 g/mol. The van der Waals surface area contributed by atoms with Crippen LogP contribution in [0.2, 0.25) is 0 Å². The Labute approximate surface area is 153 Å². The zero-order chi connectivity index (χ0) is 21.5. The zero-order valence-corrected chi connectivity index (χ0v) is 14.1. The summed E-state index contributed by atoms with van der Waals surface area (Å²) in [5, 5.41) is 21.5. The largest absolute Gasteiger partial charge is 0.460 e. The van der Waals surface area contributed by atoms with Gasteiger partial charge in [-0.3, -0.25) is 4.79 Å². The highest BCUT2D eigenvalue weighted by molar-refractivity contribution is 6.03. The Hall–Kier alpha value is -2.68. The topological polar surface area (TPSA) is 76.7 Å². The lowest BCUT2D eigenvalue weighted by atomic mass is 9.91. The summed E-state index contributed by atoms with van der Waals surface area (Å²) in [5.74, 6) is -14.5. The molecule has 0 saturated carbocycles. The van der Waals surface area contributed by atoms with Gasteiger partial charge in [-0.15, -0.1) is 0 Å². The van der Waals surface area contributed by atoms with Crippen molar-refractivity contribution in [3.63, 3.8) is 0 Å². The molecule has 0 aliphatic carbocycles. The standard InChI is InChI=1S/C16H12F7N3O2/c1-9-2-4-10(5-3-9)11-8-13(28,26(25-11)12(27)6-7-24)14(17,18)15(19,20)16(21,22)23/h2-5,28H,6,8H2,1H3/t13-/m0/s1. The van der Waals surface area contributed by atoms with E-state index in [2.05, 4.69) is 5.10 Å². The lowest BCUT2D eigenvalue weighted by Gasteiger charge is -2.41. The van der Waals surface area contributed by atoms with E-state index < -0.39 is 53.2 Å². The summed E-state index contributed by atoms with van der Waals surface area (Å²) in [7, 11) is 0. The van der Waals surface area contributed by atoms with Gasteiger partial charge in [0.15, 0.2) is 0 Å². The number of halogens is 7. The van der Waals surface area contributed by atoms with E-state index in [9.17, 15) is 40.6 Å². The highest BCUT2D eigenvalue weighted by atomic mass is 19.4. The number of carbonyl (C=O) groups is 1. The third kappa shape index (κ3) is 3.19. The molecule has 0 saturated heterocycles. The van der Waals surface area contributed by atoms with Crippen molar-refractivity contribution in [2.24, 2.45) is 5.10 Å². The first kappa shape index (κ1) is 21.6. The third-order valence-electron chi connectivity index (χ3n) is 4.09. The number of amides is 1. The second-order valence-corrected chi connectivity index (χ2v) is 6.09. The minimum absolute atomic E-state index is 0.0161. The average Bonchev–Trinajstić information content (AvgIpc) is 2.94. The minimum Gasteiger partial charge on any atom is -0.364 e.